The van der Waals surface area contributed by atoms with Crippen LogP contribution in [-0.2, 0) is 9.47 Å². The summed E-state index contributed by atoms with van der Waals surface area (Å²) in [6.45, 7) is 7.46. The van der Waals surface area contributed by atoms with Gasteiger partial charge in [-0.15, -0.1) is 11.3 Å². The Balaban J connectivity index is 1.58. The van der Waals surface area contributed by atoms with E-state index in [0.29, 0.717) is 28.3 Å². The van der Waals surface area contributed by atoms with Crippen molar-refractivity contribution < 1.29 is 19.1 Å². The molecule has 0 radical (unpaired) electrons. The van der Waals surface area contributed by atoms with E-state index in [2.05, 4.69) is 20.6 Å². The summed E-state index contributed by atoms with van der Waals surface area (Å²) in [4.78, 5) is 33.5. The Kier molecular flexibility index (Phi) is 6.97. The maximum absolute atomic E-state index is 12.5. The Morgan fingerprint density at radius 1 is 0.943 bits per heavy atom. The van der Waals surface area contributed by atoms with E-state index in [1.807, 2.05) is 39.0 Å². The molecule has 0 atom stereocenters. The number of esters is 2. The quantitative estimate of drug-likeness (QED) is 0.291. The van der Waals surface area contributed by atoms with Crippen LogP contribution in [0.4, 0.5) is 22.9 Å². The van der Waals surface area contributed by atoms with Gasteiger partial charge in [-0.2, -0.15) is 0 Å². The van der Waals surface area contributed by atoms with Crippen LogP contribution in [0.5, 0.6) is 0 Å². The average Bonchev–Trinajstić information content (AvgIpc) is 3.27. The zero-order valence-electron chi connectivity index (χ0n) is 19.9. The van der Waals surface area contributed by atoms with Crippen molar-refractivity contribution in [3.63, 3.8) is 0 Å². The van der Waals surface area contributed by atoms with Gasteiger partial charge < -0.3 is 20.1 Å². The summed E-state index contributed by atoms with van der Waals surface area (Å²) in [6.07, 6.45) is 1.48. The highest BCUT2D eigenvalue weighted by Gasteiger charge is 2.18. The van der Waals surface area contributed by atoms with E-state index in [1.54, 1.807) is 54.1 Å². The van der Waals surface area contributed by atoms with Gasteiger partial charge in [-0.3, -0.25) is 0 Å². The zero-order chi connectivity index (χ0) is 25.0. The predicted octanol–water partition coefficient (Wildman–Crippen LogP) is 6.31. The minimum Gasteiger partial charge on any atom is -0.462 e. The summed E-state index contributed by atoms with van der Waals surface area (Å²) in [5.74, 6) is -0.329. The van der Waals surface area contributed by atoms with Crippen LogP contribution in [0.25, 0.3) is 10.2 Å². The van der Waals surface area contributed by atoms with Gasteiger partial charge in [0.25, 0.3) is 0 Å². The van der Waals surface area contributed by atoms with E-state index >= 15 is 0 Å². The van der Waals surface area contributed by atoms with Gasteiger partial charge in [-0.05, 0) is 70.2 Å². The van der Waals surface area contributed by atoms with Crippen LogP contribution < -0.4 is 10.6 Å². The molecular weight excluding hydrogens is 464 g/mol. The molecule has 2 N–H and O–H groups in total. The maximum atomic E-state index is 12.5. The largest absolute Gasteiger partial charge is 0.462 e. The highest BCUT2D eigenvalue weighted by Crippen LogP contribution is 2.28. The molecule has 2 aromatic carbocycles. The van der Waals surface area contributed by atoms with Gasteiger partial charge >= 0.3 is 11.9 Å². The minimum atomic E-state index is -0.576. The number of rotatable bonds is 7. The van der Waals surface area contributed by atoms with Crippen molar-refractivity contribution in [2.45, 2.75) is 33.3 Å². The summed E-state index contributed by atoms with van der Waals surface area (Å²) in [5, 5.41) is 6.51. The van der Waals surface area contributed by atoms with E-state index < -0.39 is 17.5 Å². The molecule has 4 aromatic rings. The number of carbonyl (C=O) groups excluding carboxylic acids is 2. The van der Waals surface area contributed by atoms with Crippen molar-refractivity contribution in [2.75, 3.05) is 17.2 Å². The van der Waals surface area contributed by atoms with Gasteiger partial charge in [0.2, 0.25) is 0 Å². The number of benzene rings is 2. The molecule has 0 spiro atoms. The third-order valence-corrected chi connectivity index (χ3v) is 5.59. The van der Waals surface area contributed by atoms with E-state index in [4.69, 9.17) is 9.47 Å². The fourth-order valence-electron chi connectivity index (χ4n) is 3.26. The van der Waals surface area contributed by atoms with Gasteiger partial charge in [0.1, 0.15) is 17.0 Å². The number of hydrogen-bond acceptors (Lipinski definition) is 9. The van der Waals surface area contributed by atoms with Gasteiger partial charge in [-0.1, -0.05) is 0 Å². The van der Waals surface area contributed by atoms with Gasteiger partial charge in [0.05, 0.1) is 33.6 Å². The lowest BCUT2D eigenvalue weighted by molar-refractivity contribution is 0.00693. The lowest BCUT2D eigenvalue weighted by Crippen LogP contribution is -2.23. The number of thiazole rings is 1. The van der Waals surface area contributed by atoms with Crippen LogP contribution in [-0.4, -0.2) is 34.1 Å². The van der Waals surface area contributed by atoms with Crippen molar-refractivity contribution in [3.05, 3.63) is 71.4 Å². The SMILES string of the molecule is CCOC(=O)c1cnc(Nc2ccc3ncsc3c2)cc1Nc1ccc(C(=O)OC(C)(C)C)cc1. The van der Waals surface area contributed by atoms with Gasteiger partial charge in [-0.25, -0.2) is 19.6 Å². The molecule has 4 rings (SSSR count). The second kappa shape index (κ2) is 10.1. The first-order valence-corrected chi connectivity index (χ1v) is 12.0. The van der Waals surface area contributed by atoms with E-state index in [1.165, 1.54) is 6.20 Å². The van der Waals surface area contributed by atoms with Crippen LogP contribution in [0.15, 0.2) is 60.2 Å². The van der Waals surface area contributed by atoms with Crippen molar-refractivity contribution in [1.82, 2.24) is 9.97 Å². The molecule has 0 unspecified atom stereocenters. The normalized spacial score (nSPS) is 11.2. The topological polar surface area (TPSA) is 102 Å². The number of pyridine rings is 1. The molecule has 0 aliphatic carbocycles. The van der Waals surface area contributed by atoms with Crippen LogP contribution >= 0.6 is 11.3 Å². The van der Waals surface area contributed by atoms with E-state index in [0.717, 1.165) is 15.9 Å². The first-order valence-electron chi connectivity index (χ1n) is 11.1. The summed E-state index contributed by atoms with van der Waals surface area (Å²) in [7, 11) is 0. The van der Waals surface area contributed by atoms with E-state index in [9.17, 15) is 9.59 Å². The molecule has 0 aliphatic rings. The number of carbonyl (C=O) groups is 2. The third kappa shape index (κ3) is 6.13. The smallest absolute Gasteiger partial charge is 0.341 e. The van der Waals surface area contributed by atoms with Crippen LogP contribution in [0.2, 0.25) is 0 Å². The van der Waals surface area contributed by atoms with Crippen molar-refractivity contribution in [3.8, 4) is 0 Å². The Labute approximate surface area is 207 Å². The standard InChI is InChI=1S/C26H26N4O4S/c1-5-33-25(32)19-14-27-23(30-18-10-11-20-22(12-18)35-15-28-20)13-21(19)29-17-8-6-16(7-9-17)24(31)34-26(2,3)4/h6-15H,5H2,1-4H3,(H2,27,29,30). The fourth-order valence-corrected chi connectivity index (χ4v) is 3.98. The molecule has 9 heteroatoms. The number of nitrogens with one attached hydrogen (secondary N) is 2. The average molecular weight is 491 g/mol. The summed E-state index contributed by atoms with van der Waals surface area (Å²) in [5.41, 5.74) is 4.95. The molecule has 0 amide bonds. The third-order valence-electron chi connectivity index (χ3n) is 4.80. The van der Waals surface area contributed by atoms with Crippen LogP contribution in [0, 0.1) is 0 Å². The Bertz CT molecular complexity index is 1360. The Morgan fingerprint density at radius 3 is 2.40 bits per heavy atom. The monoisotopic (exact) mass is 490 g/mol. The highest BCUT2D eigenvalue weighted by atomic mass is 32.1. The molecule has 0 aliphatic heterocycles. The fraction of sp³-hybridized carbons (Fsp3) is 0.231. The van der Waals surface area contributed by atoms with Crippen LogP contribution in [0.3, 0.4) is 0 Å². The van der Waals surface area contributed by atoms with E-state index in [-0.39, 0.29) is 6.61 Å². The Morgan fingerprint density at radius 2 is 1.69 bits per heavy atom. The number of hydrogen-bond donors (Lipinski definition) is 2. The molecule has 2 aromatic heterocycles. The highest BCUT2D eigenvalue weighted by molar-refractivity contribution is 7.16. The number of anilines is 4. The molecule has 0 saturated carbocycles. The molecule has 0 saturated heterocycles. The van der Waals surface area contributed by atoms with Crippen molar-refractivity contribution >= 4 is 56.4 Å². The second-order valence-electron chi connectivity index (χ2n) is 8.70. The number of aromatic nitrogens is 2. The first-order chi connectivity index (χ1) is 16.7. The lowest BCUT2D eigenvalue weighted by Gasteiger charge is -2.19. The minimum absolute atomic E-state index is 0.248. The number of ether oxygens (including phenoxy) is 2. The summed E-state index contributed by atoms with van der Waals surface area (Å²) in [6, 6.07) is 14.4. The van der Waals surface area contributed by atoms with Gasteiger partial charge in [0.15, 0.2) is 0 Å². The molecule has 35 heavy (non-hydrogen) atoms. The van der Waals surface area contributed by atoms with Crippen molar-refractivity contribution in [1.29, 1.82) is 0 Å². The Hall–Kier alpha value is -3.98. The number of nitrogens with zero attached hydrogens (tertiary/aromatic N) is 2. The zero-order valence-corrected chi connectivity index (χ0v) is 20.7. The summed E-state index contributed by atoms with van der Waals surface area (Å²) >= 11 is 1.56. The molecule has 0 fully saturated rings. The predicted molar refractivity (Wildman–Crippen MR) is 138 cm³/mol. The molecule has 0 bridgehead atoms. The van der Waals surface area contributed by atoms with Crippen LogP contribution in [0.1, 0.15) is 48.4 Å². The maximum Gasteiger partial charge on any atom is 0.341 e. The summed E-state index contributed by atoms with van der Waals surface area (Å²) < 4.78 is 11.7. The molecule has 8 nitrogen and oxygen atoms in total. The number of fused-ring (bicyclic) bond motifs is 1. The molecule has 180 valence electrons. The molecule has 2 heterocycles. The van der Waals surface area contributed by atoms with Gasteiger partial charge in [0, 0.05) is 23.6 Å². The van der Waals surface area contributed by atoms with Crippen molar-refractivity contribution in [2.24, 2.45) is 0 Å². The first kappa shape index (κ1) is 24.2. The molecular formula is C26H26N4O4S. The second-order valence-corrected chi connectivity index (χ2v) is 9.59. The lowest BCUT2D eigenvalue weighted by atomic mass is 10.1.